The third-order valence-electron chi connectivity index (χ3n) is 2.85. The molecule has 0 aliphatic heterocycles. The van der Waals surface area contributed by atoms with Gasteiger partial charge >= 0.3 is 6.18 Å². The van der Waals surface area contributed by atoms with Crippen LogP contribution in [-0.2, 0) is 6.61 Å². The van der Waals surface area contributed by atoms with Gasteiger partial charge in [0, 0.05) is 0 Å². The van der Waals surface area contributed by atoms with Gasteiger partial charge in [-0.2, -0.15) is 13.2 Å². The number of alkyl halides is 3. The molecule has 1 aromatic rings. The molecule has 0 fully saturated rings. The van der Waals surface area contributed by atoms with Crippen molar-refractivity contribution >= 4 is 0 Å². The van der Waals surface area contributed by atoms with E-state index in [0.717, 1.165) is 0 Å². The zero-order valence-corrected chi connectivity index (χ0v) is 11.3. The van der Waals surface area contributed by atoms with Crippen molar-refractivity contribution in [3.8, 4) is 11.5 Å². The first kappa shape index (κ1) is 16.6. The number of hydrogen-bond acceptors (Lipinski definition) is 4. The molecule has 3 N–H and O–H groups in total. The number of aliphatic hydroxyl groups excluding tert-OH is 1. The maximum atomic E-state index is 12.9. The lowest BCUT2D eigenvalue weighted by Gasteiger charge is -2.27. The number of ether oxygens (including phenoxy) is 2. The van der Waals surface area contributed by atoms with E-state index in [9.17, 15) is 13.2 Å². The van der Waals surface area contributed by atoms with Gasteiger partial charge in [0.05, 0.1) is 19.8 Å². The van der Waals surface area contributed by atoms with Crippen LogP contribution in [0.3, 0.4) is 0 Å². The Labute approximate surface area is 115 Å². The molecule has 0 aromatic heterocycles. The van der Waals surface area contributed by atoms with Crippen molar-refractivity contribution in [1.82, 2.24) is 0 Å². The molecule has 20 heavy (non-hydrogen) atoms. The van der Waals surface area contributed by atoms with Crippen molar-refractivity contribution in [2.45, 2.75) is 38.3 Å². The van der Waals surface area contributed by atoms with Crippen LogP contribution in [0.1, 0.15) is 18.9 Å². The van der Waals surface area contributed by atoms with Gasteiger partial charge in [-0.15, -0.1) is 0 Å². The van der Waals surface area contributed by atoms with Crippen LogP contribution in [0.15, 0.2) is 18.2 Å². The van der Waals surface area contributed by atoms with Crippen LogP contribution < -0.4 is 15.2 Å². The number of rotatable bonds is 6. The van der Waals surface area contributed by atoms with E-state index in [1.165, 1.54) is 25.3 Å². The SMILES string of the molecule is CCC(N)C(Oc1ccc(CO)cc1OC)C(F)(F)F. The molecule has 2 unspecified atom stereocenters. The van der Waals surface area contributed by atoms with Crippen LogP contribution >= 0.6 is 0 Å². The maximum Gasteiger partial charge on any atom is 0.426 e. The van der Waals surface area contributed by atoms with Gasteiger partial charge in [-0.1, -0.05) is 13.0 Å². The molecule has 7 heteroatoms. The second-order valence-corrected chi connectivity index (χ2v) is 4.30. The highest BCUT2D eigenvalue weighted by Crippen LogP contribution is 2.33. The van der Waals surface area contributed by atoms with Crippen LogP contribution in [0.2, 0.25) is 0 Å². The summed E-state index contributed by atoms with van der Waals surface area (Å²) >= 11 is 0. The number of aliphatic hydroxyl groups is 1. The first-order valence-electron chi connectivity index (χ1n) is 6.10. The summed E-state index contributed by atoms with van der Waals surface area (Å²) in [6, 6.07) is 3.03. The highest BCUT2D eigenvalue weighted by atomic mass is 19.4. The number of nitrogens with two attached hydrogens (primary N) is 1. The molecule has 0 radical (unpaired) electrons. The molecule has 0 heterocycles. The summed E-state index contributed by atoms with van der Waals surface area (Å²) in [7, 11) is 1.31. The minimum Gasteiger partial charge on any atom is -0.493 e. The Morgan fingerprint density at radius 1 is 1.30 bits per heavy atom. The molecular weight excluding hydrogens is 275 g/mol. The minimum absolute atomic E-state index is 0.0593. The van der Waals surface area contributed by atoms with Crippen molar-refractivity contribution in [3.63, 3.8) is 0 Å². The van der Waals surface area contributed by atoms with Gasteiger partial charge in [0.15, 0.2) is 11.5 Å². The summed E-state index contributed by atoms with van der Waals surface area (Å²) in [5.41, 5.74) is 5.98. The lowest BCUT2D eigenvalue weighted by molar-refractivity contribution is -0.201. The van der Waals surface area contributed by atoms with Crippen molar-refractivity contribution in [1.29, 1.82) is 0 Å². The zero-order valence-electron chi connectivity index (χ0n) is 11.3. The second kappa shape index (κ2) is 6.81. The van der Waals surface area contributed by atoms with E-state index in [2.05, 4.69) is 0 Å². The van der Waals surface area contributed by atoms with Crippen molar-refractivity contribution in [2.24, 2.45) is 5.73 Å². The summed E-state index contributed by atoms with van der Waals surface area (Å²) in [5.74, 6) is 0.0602. The standard InChI is InChI=1S/C13H18F3NO3/c1-3-9(17)12(13(14,15)16)20-10-5-4-8(7-18)6-11(10)19-2/h4-6,9,12,18H,3,7,17H2,1-2H3. The molecule has 0 bridgehead atoms. The average molecular weight is 293 g/mol. The molecular formula is C13H18F3NO3. The number of hydrogen-bond donors (Lipinski definition) is 2. The van der Waals surface area contributed by atoms with Crippen LogP contribution in [0.5, 0.6) is 11.5 Å². The Bertz CT molecular complexity index is 437. The smallest absolute Gasteiger partial charge is 0.426 e. The first-order valence-corrected chi connectivity index (χ1v) is 6.10. The Morgan fingerprint density at radius 3 is 2.40 bits per heavy atom. The molecule has 0 spiro atoms. The van der Waals surface area contributed by atoms with Crippen LogP contribution in [-0.4, -0.2) is 30.5 Å². The monoisotopic (exact) mass is 293 g/mol. The normalized spacial score (nSPS) is 14.8. The fourth-order valence-electron chi connectivity index (χ4n) is 1.66. The van der Waals surface area contributed by atoms with E-state index in [-0.39, 0.29) is 24.5 Å². The van der Waals surface area contributed by atoms with E-state index in [1.807, 2.05) is 0 Å². The predicted molar refractivity (Wildman–Crippen MR) is 67.7 cm³/mol. The molecule has 0 aliphatic carbocycles. The lowest BCUT2D eigenvalue weighted by atomic mass is 10.1. The number of methoxy groups -OCH3 is 1. The second-order valence-electron chi connectivity index (χ2n) is 4.30. The highest BCUT2D eigenvalue weighted by molar-refractivity contribution is 5.43. The van der Waals surface area contributed by atoms with E-state index in [1.54, 1.807) is 6.92 Å². The van der Waals surface area contributed by atoms with Crippen molar-refractivity contribution < 1.29 is 27.8 Å². The molecule has 114 valence electrons. The van der Waals surface area contributed by atoms with Crippen LogP contribution in [0, 0.1) is 0 Å². The quantitative estimate of drug-likeness (QED) is 0.844. The van der Waals surface area contributed by atoms with E-state index < -0.39 is 18.3 Å². The molecule has 0 saturated carbocycles. The molecule has 2 atom stereocenters. The van der Waals surface area contributed by atoms with Crippen LogP contribution in [0.25, 0.3) is 0 Å². The van der Waals surface area contributed by atoms with Gasteiger partial charge in [0.2, 0.25) is 6.10 Å². The van der Waals surface area contributed by atoms with Gasteiger partial charge in [-0.05, 0) is 24.1 Å². The van der Waals surface area contributed by atoms with E-state index in [4.69, 9.17) is 20.3 Å². The molecule has 1 aromatic carbocycles. The van der Waals surface area contributed by atoms with Gasteiger partial charge in [0.1, 0.15) is 0 Å². The third-order valence-corrected chi connectivity index (χ3v) is 2.85. The van der Waals surface area contributed by atoms with E-state index >= 15 is 0 Å². The van der Waals surface area contributed by atoms with Gasteiger partial charge < -0.3 is 20.3 Å². The first-order chi connectivity index (χ1) is 9.33. The van der Waals surface area contributed by atoms with Crippen molar-refractivity contribution in [2.75, 3.05) is 7.11 Å². The fraction of sp³-hybridized carbons (Fsp3) is 0.538. The summed E-state index contributed by atoms with van der Waals surface area (Å²) < 4.78 is 48.8. The molecule has 0 aliphatic rings. The van der Waals surface area contributed by atoms with E-state index in [0.29, 0.717) is 5.56 Å². The molecule has 0 amide bonds. The summed E-state index contributed by atoms with van der Waals surface area (Å²) in [6.45, 7) is 1.31. The Kier molecular flexibility index (Phi) is 5.64. The van der Waals surface area contributed by atoms with Gasteiger partial charge in [-0.25, -0.2) is 0 Å². The largest absolute Gasteiger partial charge is 0.493 e. The average Bonchev–Trinajstić information content (AvgIpc) is 2.42. The summed E-state index contributed by atoms with van der Waals surface area (Å²) in [4.78, 5) is 0. The minimum atomic E-state index is -4.57. The Morgan fingerprint density at radius 2 is 1.95 bits per heavy atom. The molecule has 0 saturated heterocycles. The van der Waals surface area contributed by atoms with Gasteiger partial charge in [-0.3, -0.25) is 0 Å². The Hall–Kier alpha value is -1.47. The number of benzene rings is 1. The maximum absolute atomic E-state index is 12.9. The highest BCUT2D eigenvalue weighted by Gasteiger charge is 2.45. The van der Waals surface area contributed by atoms with Crippen LogP contribution in [0.4, 0.5) is 13.2 Å². The molecule has 4 nitrogen and oxygen atoms in total. The fourth-order valence-corrected chi connectivity index (χ4v) is 1.66. The topological polar surface area (TPSA) is 64.7 Å². The number of halogens is 3. The zero-order chi connectivity index (χ0) is 15.3. The van der Waals surface area contributed by atoms with Crippen molar-refractivity contribution in [3.05, 3.63) is 23.8 Å². The molecule has 1 rings (SSSR count). The summed E-state index contributed by atoms with van der Waals surface area (Å²) in [5, 5.41) is 8.99. The lowest BCUT2D eigenvalue weighted by Crippen LogP contribution is -2.48. The Balaban J connectivity index is 3.05. The summed E-state index contributed by atoms with van der Waals surface area (Å²) in [6.07, 6.45) is -6.56. The van der Waals surface area contributed by atoms with Gasteiger partial charge in [0.25, 0.3) is 0 Å². The third kappa shape index (κ3) is 4.01. The predicted octanol–water partition coefficient (Wildman–Crippen LogP) is 2.23.